The van der Waals surface area contributed by atoms with Crippen LogP contribution in [0.15, 0.2) is 29.3 Å². The van der Waals surface area contributed by atoms with Crippen molar-refractivity contribution in [2.45, 2.75) is 43.5 Å². The average Bonchev–Trinajstić information content (AvgIpc) is 3.57. The number of alkyl halides is 3. The third kappa shape index (κ3) is 2.86. The van der Waals surface area contributed by atoms with Gasteiger partial charge in [0.05, 0.1) is 10.7 Å². The molecule has 2 saturated carbocycles. The molecular weight excluding hydrogens is 421 g/mol. The molecule has 1 atom stereocenters. The van der Waals surface area contributed by atoms with Crippen molar-refractivity contribution in [2.75, 3.05) is 0 Å². The van der Waals surface area contributed by atoms with Gasteiger partial charge in [-0.3, -0.25) is 9.48 Å². The summed E-state index contributed by atoms with van der Waals surface area (Å²) in [6.45, 7) is 0. The minimum absolute atomic E-state index is 0.152. The van der Waals surface area contributed by atoms with E-state index in [1.165, 1.54) is 4.68 Å². The van der Waals surface area contributed by atoms with E-state index in [0.717, 1.165) is 25.1 Å². The first-order valence-corrected chi connectivity index (χ1v) is 10.0. The Bertz CT molecular complexity index is 1230. The minimum atomic E-state index is -4.69. The lowest BCUT2D eigenvalue weighted by atomic mass is 9.84. The zero-order chi connectivity index (χ0) is 21.4. The Balaban J connectivity index is 1.71. The van der Waals surface area contributed by atoms with Gasteiger partial charge in [-0.15, -0.1) is 0 Å². The number of aryl methyl sites for hydroxylation is 1. The van der Waals surface area contributed by atoms with Crippen LogP contribution in [0.3, 0.4) is 0 Å². The lowest BCUT2D eigenvalue weighted by Gasteiger charge is -2.29. The van der Waals surface area contributed by atoms with Crippen molar-refractivity contribution in [1.29, 1.82) is 0 Å². The zero-order valence-electron chi connectivity index (χ0n) is 15.9. The maximum absolute atomic E-state index is 13.1. The maximum atomic E-state index is 13.1. The predicted molar refractivity (Wildman–Crippen MR) is 103 cm³/mol. The Labute approximate surface area is 173 Å². The van der Waals surface area contributed by atoms with Gasteiger partial charge in [0, 0.05) is 36.4 Å². The van der Waals surface area contributed by atoms with Gasteiger partial charge in [-0.05, 0) is 43.7 Å². The third-order valence-electron chi connectivity index (χ3n) is 5.94. The van der Waals surface area contributed by atoms with Crippen LogP contribution in [-0.4, -0.2) is 24.4 Å². The molecule has 0 saturated heterocycles. The van der Waals surface area contributed by atoms with Crippen LogP contribution in [0.5, 0.6) is 0 Å². The molecule has 158 valence electrons. The first-order valence-electron chi connectivity index (χ1n) is 9.66. The predicted octanol–water partition coefficient (Wildman–Crippen LogP) is 3.78. The van der Waals surface area contributed by atoms with Gasteiger partial charge in [0.15, 0.2) is 11.2 Å². The Kier molecular flexibility index (Phi) is 4.11. The van der Waals surface area contributed by atoms with Gasteiger partial charge in [0.25, 0.3) is 5.56 Å². The molecule has 0 amide bonds. The van der Waals surface area contributed by atoms with Gasteiger partial charge in [0.2, 0.25) is 0 Å². The molecule has 3 heterocycles. The second kappa shape index (κ2) is 6.31. The zero-order valence-corrected chi connectivity index (χ0v) is 16.7. The summed E-state index contributed by atoms with van der Waals surface area (Å²) >= 11 is 5.88. The summed E-state index contributed by atoms with van der Waals surface area (Å²) < 4.78 is 42.3. The summed E-state index contributed by atoms with van der Waals surface area (Å²) in [5.74, 6) is -0.239. The molecule has 0 aromatic carbocycles. The molecule has 0 unspecified atom stereocenters. The number of pyridine rings is 2. The van der Waals surface area contributed by atoms with Gasteiger partial charge >= 0.3 is 6.18 Å². The molecule has 0 radical (unpaired) electrons. The van der Waals surface area contributed by atoms with Crippen molar-refractivity contribution < 1.29 is 18.3 Å². The molecule has 0 bridgehead atoms. The fraction of sp³-hybridized carbons (Fsp3) is 0.450. The highest BCUT2D eigenvalue weighted by molar-refractivity contribution is 6.31. The monoisotopic (exact) mass is 438 g/mol. The van der Waals surface area contributed by atoms with E-state index in [2.05, 4.69) is 10.1 Å². The van der Waals surface area contributed by atoms with Gasteiger partial charge < -0.3 is 9.67 Å². The highest BCUT2D eigenvalue weighted by Gasteiger charge is 2.50. The normalized spacial score (nSPS) is 19.3. The van der Waals surface area contributed by atoms with Crippen LogP contribution in [0.4, 0.5) is 13.2 Å². The van der Waals surface area contributed by atoms with E-state index in [-0.39, 0.29) is 28.6 Å². The van der Waals surface area contributed by atoms with Crippen molar-refractivity contribution >= 4 is 22.5 Å². The molecule has 1 N–H and O–H groups in total. The number of fused-ring (bicyclic) bond motifs is 1. The van der Waals surface area contributed by atoms with E-state index in [1.807, 2.05) is 0 Å². The maximum Gasteiger partial charge on any atom is 0.434 e. The van der Waals surface area contributed by atoms with Crippen LogP contribution in [-0.2, 0) is 18.8 Å². The number of halogens is 4. The Morgan fingerprint density at radius 3 is 2.50 bits per heavy atom. The van der Waals surface area contributed by atoms with Gasteiger partial charge in [0.1, 0.15) is 5.60 Å². The Hall–Kier alpha value is -2.39. The lowest BCUT2D eigenvalue weighted by Crippen LogP contribution is -2.33. The molecule has 6 nitrogen and oxygen atoms in total. The van der Waals surface area contributed by atoms with Gasteiger partial charge in [-0.1, -0.05) is 11.6 Å². The summed E-state index contributed by atoms with van der Waals surface area (Å²) in [4.78, 5) is 16.4. The van der Waals surface area contributed by atoms with Gasteiger partial charge in [-0.2, -0.15) is 18.3 Å². The Morgan fingerprint density at radius 2 is 1.93 bits per heavy atom. The molecule has 3 aromatic heterocycles. The number of hydrogen-bond acceptors (Lipinski definition) is 4. The molecule has 3 aromatic rings. The summed E-state index contributed by atoms with van der Waals surface area (Å²) in [5.41, 5.74) is -2.36. The quantitative estimate of drug-likeness (QED) is 0.672. The van der Waals surface area contributed by atoms with E-state index < -0.39 is 22.5 Å². The largest absolute Gasteiger partial charge is 0.434 e. The lowest BCUT2D eigenvalue weighted by molar-refractivity contribution is -0.141. The van der Waals surface area contributed by atoms with E-state index in [4.69, 9.17) is 11.6 Å². The smallest absolute Gasteiger partial charge is 0.378 e. The second-order valence-electron chi connectivity index (χ2n) is 8.09. The molecule has 2 fully saturated rings. The first-order chi connectivity index (χ1) is 14.1. The molecule has 2 aliphatic carbocycles. The van der Waals surface area contributed by atoms with Crippen molar-refractivity contribution in [3.63, 3.8) is 0 Å². The highest BCUT2D eigenvalue weighted by Crippen LogP contribution is 2.51. The second-order valence-corrected chi connectivity index (χ2v) is 8.49. The van der Waals surface area contributed by atoms with Crippen LogP contribution in [0.1, 0.15) is 48.7 Å². The van der Waals surface area contributed by atoms with Crippen LogP contribution < -0.4 is 5.56 Å². The van der Waals surface area contributed by atoms with Crippen molar-refractivity contribution in [2.24, 2.45) is 13.0 Å². The fourth-order valence-electron chi connectivity index (χ4n) is 4.22. The number of aliphatic hydroxyl groups is 1. The van der Waals surface area contributed by atoms with Crippen molar-refractivity contribution in [1.82, 2.24) is 19.3 Å². The van der Waals surface area contributed by atoms with Crippen molar-refractivity contribution in [3.05, 3.63) is 56.9 Å². The third-order valence-corrected chi connectivity index (χ3v) is 6.23. The Morgan fingerprint density at radius 1 is 1.23 bits per heavy atom. The fourth-order valence-corrected chi connectivity index (χ4v) is 4.49. The minimum Gasteiger partial charge on any atom is -0.378 e. The summed E-state index contributed by atoms with van der Waals surface area (Å²) in [6, 6.07) is 3.02. The number of rotatable bonds is 4. The molecule has 0 aliphatic heterocycles. The van der Waals surface area contributed by atoms with E-state index in [9.17, 15) is 23.1 Å². The molecule has 2 aliphatic rings. The number of nitrogens with zero attached hydrogens (tertiary/aromatic N) is 4. The van der Waals surface area contributed by atoms with E-state index in [1.54, 1.807) is 23.9 Å². The topological polar surface area (TPSA) is 72.9 Å². The van der Waals surface area contributed by atoms with E-state index >= 15 is 0 Å². The summed E-state index contributed by atoms with van der Waals surface area (Å²) in [5, 5.41) is 16.1. The van der Waals surface area contributed by atoms with Crippen LogP contribution >= 0.6 is 11.6 Å². The highest BCUT2D eigenvalue weighted by atomic mass is 35.5. The van der Waals surface area contributed by atoms with Crippen LogP contribution in [0.2, 0.25) is 5.02 Å². The number of hydrogen-bond donors (Lipinski definition) is 1. The molecule has 5 rings (SSSR count). The van der Waals surface area contributed by atoms with E-state index in [0.29, 0.717) is 23.9 Å². The summed E-state index contributed by atoms with van der Waals surface area (Å²) in [6.07, 6.45) is 1.25. The number of aromatic nitrogens is 4. The summed E-state index contributed by atoms with van der Waals surface area (Å²) in [7, 11) is 1.61. The molecule has 30 heavy (non-hydrogen) atoms. The molecule has 10 heteroatoms. The van der Waals surface area contributed by atoms with Crippen molar-refractivity contribution in [3.8, 4) is 0 Å². The van der Waals surface area contributed by atoms with Crippen LogP contribution in [0.25, 0.3) is 10.9 Å². The van der Waals surface area contributed by atoms with Crippen LogP contribution in [0, 0.1) is 5.92 Å². The standard InChI is InChI=1S/C20H18ClF3N4O2/c1-27-17(13-6-7-28(12-4-5-12)18(29)15(13)26-27)19(30,10-2-3-10)11-8-14(21)16(25-9-11)20(22,23)24/h6-10,12,30H,2-5H2,1H3/t19-/m0/s1. The first kappa shape index (κ1) is 19.6. The average molecular weight is 439 g/mol. The molecule has 0 spiro atoms. The molecular formula is C20H18ClF3N4O2. The van der Waals surface area contributed by atoms with Gasteiger partial charge in [-0.25, -0.2) is 4.98 Å². The SMILES string of the molecule is Cn1nc2c(=O)n(C3CC3)ccc2c1[C@@](O)(c1cnc(C(F)(F)F)c(Cl)c1)C1CC1.